The highest BCUT2D eigenvalue weighted by molar-refractivity contribution is 7.12. The van der Waals surface area contributed by atoms with Gasteiger partial charge in [0.15, 0.2) is 5.78 Å². The van der Waals surface area contributed by atoms with Crippen LogP contribution in [0.3, 0.4) is 0 Å². The highest BCUT2D eigenvalue weighted by atomic mass is 32.1. The van der Waals surface area contributed by atoms with E-state index in [2.05, 4.69) is 0 Å². The van der Waals surface area contributed by atoms with Crippen molar-refractivity contribution in [3.05, 3.63) is 38.1 Å². The van der Waals surface area contributed by atoms with Crippen molar-refractivity contribution in [3.63, 3.8) is 0 Å². The smallest absolute Gasteiger partial charge is 0.195 e. The summed E-state index contributed by atoms with van der Waals surface area (Å²) in [4.78, 5) is 13.1. The zero-order chi connectivity index (χ0) is 13.4. The summed E-state index contributed by atoms with van der Waals surface area (Å²) in [7, 11) is 0. The molecule has 1 aromatic rings. The van der Waals surface area contributed by atoms with E-state index in [4.69, 9.17) is 10.5 Å². The Balaban J connectivity index is 2.92. The lowest BCUT2D eigenvalue weighted by Crippen LogP contribution is -1.99. The summed E-state index contributed by atoms with van der Waals surface area (Å²) in [5.41, 5.74) is 3.43. The van der Waals surface area contributed by atoms with Gasteiger partial charge in [-0.1, -0.05) is 5.57 Å². The maximum absolute atomic E-state index is 12.4. The van der Waals surface area contributed by atoms with Crippen LogP contribution in [0.5, 0.6) is 0 Å². The maximum Gasteiger partial charge on any atom is 0.195 e. The molecule has 2 rings (SSSR count). The number of ketones is 1. The first kappa shape index (κ1) is 12.3. The molecule has 0 amide bonds. The van der Waals surface area contributed by atoms with Gasteiger partial charge in [-0.2, -0.15) is 10.5 Å². The molecule has 0 unspecified atom stereocenters. The minimum absolute atomic E-state index is 0.0140. The van der Waals surface area contributed by atoms with E-state index in [1.165, 1.54) is 11.3 Å². The Morgan fingerprint density at radius 2 is 1.83 bits per heavy atom. The van der Waals surface area contributed by atoms with E-state index in [-0.39, 0.29) is 11.4 Å². The molecule has 0 spiro atoms. The first-order valence-corrected chi connectivity index (χ1v) is 6.26. The summed E-state index contributed by atoms with van der Waals surface area (Å²) in [6, 6.07) is 3.78. The molecule has 0 aliphatic heterocycles. The molecule has 0 saturated heterocycles. The fraction of sp³-hybridized carbons (Fsp3) is 0.214. The van der Waals surface area contributed by atoms with Gasteiger partial charge in [-0.15, -0.1) is 11.3 Å². The van der Waals surface area contributed by atoms with Gasteiger partial charge in [0.25, 0.3) is 0 Å². The molecule has 0 aromatic carbocycles. The molecule has 18 heavy (non-hydrogen) atoms. The van der Waals surface area contributed by atoms with Gasteiger partial charge in [-0.05, 0) is 31.7 Å². The van der Waals surface area contributed by atoms with E-state index in [0.29, 0.717) is 16.7 Å². The van der Waals surface area contributed by atoms with Gasteiger partial charge in [0.2, 0.25) is 0 Å². The average Bonchev–Trinajstić information content (AvgIpc) is 2.82. The van der Waals surface area contributed by atoms with Crippen molar-refractivity contribution < 1.29 is 4.79 Å². The van der Waals surface area contributed by atoms with E-state index < -0.39 is 0 Å². The number of allylic oxidation sites excluding steroid dienone is 4. The molecule has 0 bridgehead atoms. The van der Waals surface area contributed by atoms with Crippen molar-refractivity contribution in [3.8, 4) is 12.1 Å². The van der Waals surface area contributed by atoms with Gasteiger partial charge >= 0.3 is 0 Å². The molecule has 1 aliphatic rings. The van der Waals surface area contributed by atoms with Crippen LogP contribution in [0.4, 0.5) is 0 Å². The second-order valence-corrected chi connectivity index (χ2v) is 5.18. The van der Waals surface area contributed by atoms with E-state index in [1.807, 2.05) is 38.3 Å². The van der Waals surface area contributed by atoms with E-state index in [9.17, 15) is 4.79 Å². The lowest BCUT2D eigenvalue weighted by Gasteiger charge is -2.02. The molecular weight excluding hydrogens is 244 g/mol. The minimum atomic E-state index is -0.0678. The Morgan fingerprint density at radius 1 is 1.22 bits per heavy atom. The average molecular weight is 254 g/mol. The second-order valence-electron chi connectivity index (χ2n) is 4.30. The van der Waals surface area contributed by atoms with E-state index in [0.717, 1.165) is 16.0 Å². The van der Waals surface area contributed by atoms with Crippen molar-refractivity contribution in [1.29, 1.82) is 10.5 Å². The number of hydrogen-bond donors (Lipinski definition) is 0. The fourth-order valence-corrected chi connectivity index (χ4v) is 3.22. The van der Waals surface area contributed by atoms with Crippen molar-refractivity contribution >= 4 is 22.7 Å². The molecule has 1 aliphatic carbocycles. The number of hydrogen-bond acceptors (Lipinski definition) is 4. The van der Waals surface area contributed by atoms with Crippen LogP contribution in [0.25, 0.3) is 5.57 Å². The number of aryl methyl sites for hydroxylation is 1. The van der Waals surface area contributed by atoms with Crippen LogP contribution in [0, 0.1) is 29.6 Å². The molecule has 4 heteroatoms. The number of fused-ring (bicyclic) bond motifs is 1. The Bertz CT molecular complexity index is 685. The molecule has 1 aromatic heterocycles. The summed E-state index contributed by atoms with van der Waals surface area (Å²) in [5, 5.41) is 20.0. The number of carbonyl (C=O) groups is 1. The summed E-state index contributed by atoms with van der Waals surface area (Å²) >= 11 is 1.42. The second kappa shape index (κ2) is 4.25. The molecule has 0 radical (unpaired) electrons. The first-order chi connectivity index (χ1) is 8.52. The SMILES string of the molecule is CC(C)=C1C(=O)c2c(C)csc2C1=C(C#N)C#N. The van der Waals surface area contributed by atoms with Gasteiger partial charge in [0.1, 0.15) is 17.7 Å². The van der Waals surface area contributed by atoms with Gasteiger partial charge in [-0.25, -0.2) is 0 Å². The lowest BCUT2D eigenvalue weighted by molar-refractivity contribution is 0.104. The number of nitriles is 2. The van der Waals surface area contributed by atoms with Crippen molar-refractivity contribution in [2.75, 3.05) is 0 Å². The highest BCUT2D eigenvalue weighted by Gasteiger charge is 2.35. The molecule has 1 heterocycles. The monoisotopic (exact) mass is 254 g/mol. The predicted molar refractivity (Wildman–Crippen MR) is 69.9 cm³/mol. The standard InChI is InChI=1S/C14H10N2OS/c1-7(2)10-12(9(4-15)5-16)14-11(13(10)17)8(3)6-18-14/h6H,1-3H3. The van der Waals surface area contributed by atoms with Crippen molar-refractivity contribution in [1.82, 2.24) is 0 Å². The van der Waals surface area contributed by atoms with Crippen molar-refractivity contribution in [2.24, 2.45) is 0 Å². The maximum atomic E-state index is 12.4. The van der Waals surface area contributed by atoms with Crippen LogP contribution < -0.4 is 0 Å². The Morgan fingerprint density at radius 3 is 2.33 bits per heavy atom. The number of Topliss-reactive ketones (excluding diaryl/α,β-unsaturated/α-hetero) is 1. The number of nitrogens with zero attached hydrogens (tertiary/aromatic N) is 2. The quantitative estimate of drug-likeness (QED) is 0.526. The molecule has 0 atom stereocenters. The number of rotatable bonds is 0. The fourth-order valence-electron chi connectivity index (χ4n) is 2.11. The topological polar surface area (TPSA) is 64.7 Å². The van der Waals surface area contributed by atoms with Crippen LogP contribution in [-0.4, -0.2) is 5.78 Å². The Hall–Kier alpha value is -2.17. The largest absolute Gasteiger partial charge is 0.289 e. The van der Waals surface area contributed by atoms with Crippen LogP contribution in [0.1, 0.15) is 34.6 Å². The lowest BCUT2D eigenvalue weighted by atomic mass is 9.99. The van der Waals surface area contributed by atoms with Crippen LogP contribution >= 0.6 is 11.3 Å². The van der Waals surface area contributed by atoms with Crippen LogP contribution in [-0.2, 0) is 0 Å². The first-order valence-electron chi connectivity index (χ1n) is 5.38. The Kier molecular flexibility index (Phi) is 2.90. The molecule has 0 saturated carbocycles. The summed E-state index contributed by atoms with van der Waals surface area (Å²) in [6.07, 6.45) is 0. The molecule has 0 N–H and O–H groups in total. The molecule has 3 nitrogen and oxygen atoms in total. The third-order valence-electron chi connectivity index (χ3n) is 2.88. The predicted octanol–water partition coefficient (Wildman–Crippen LogP) is 3.39. The molecular formula is C14H10N2OS. The third-order valence-corrected chi connectivity index (χ3v) is 4.00. The number of carbonyl (C=O) groups excluding carboxylic acids is 1. The normalized spacial score (nSPS) is 13.1. The number of thiophene rings is 1. The minimum Gasteiger partial charge on any atom is -0.289 e. The summed E-state index contributed by atoms with van der Waals surface area (Å²) in [5.74, 6) is -0.0678. The van der Waals surface area contributed by atoms with Gasteiger partial charge in [0, 0.05) is 21.6 Å². The van der Waals surface area contributed by atoms with E-state index in [1.54, 1.807) is 0 Å². The zero-order valence-electron chi connectivity index (χ0n) is 10.3. The third kappa shape index (κ3) is 1.51. The Labute approximate surface area is 109 Å². The highest BCUT2D eigenvalue weighted by Crippen LogP contribution is 2.44. The zero-order valence-corrected chi connectivity index (χ0v) is 11.1. The van der Waals surface area contributed by atoms with E-state index >= 15 is 0 Å². The van der Waals surface area contributed by atoms with Gasteiger partial charge in [0.05, 0.1) is 0 Å². The van der Waals surface area contributed by atoms with Gasteiger partial charge < -0.3 is 0 Å². The van der Waals surface area contributed by atoms with Crippen molar-refractivity contribution in [2.45, 2.75) is 20.8 Å². The van der Waals surface area contributed by atoms with Gasteiger partial charge in [-0.3, -0.25) is 4.79 Å². The summed E-state index contributed by atoms with van der Waals surface area (Å²) < 4.78 is 0. The molecule has 0 fully saturated rings. The van der Waals surface area contributed by atoms with Crippen LogP contribution in [0.2, 0.25) is 0 Å². The van der Waals surface area contributed by atoms with Crippen LogP contribution in [0.15, 0.2) is 22.1 Å². The summed E-state index contributed by atoms with van der Waals surface area (Å²) in [6.45, 7) is 5.52. The molecule has 88 valence electrons.